The molecule has 7 heteroatoms. The first-order valence-corrected chi connectivity index (χ1v) is 7.76. The fourth-order valence-corrected chi connectivity index (χ4v) is 3.26. The maximum Gasteiger partial charge on any atom is 0.305 e. The summed E-state index contributed by atoms with van der Waals surface area (Å²) in [5.41, 5.74) is 0.527. The zero-order valence-electron chi connectivity index (χ0n) is 10.8. The lowest BCUT2D eigenvalue weighted by molar-refractivity contribution is -0.137. The van der Waals surface area contributed by atoms with E-state index in [1.807, 2.05) is 17.5 Å². The number of rotatable bonds is 6. The van der Waals surface area contributed by atoms with Gasteiger partial charge in [-0.15, -0.1) is 11.3 Å². The molecule has 4 nitrogen and oxygen atoms in total. The second kappa shape index (κ2) is 7.13. The van der Waals surface area contributed by atoms with Crippen molar-refractivity contribution in [2.75, 3.05) is 0 Å². The maximum absolute atomic E-state index is 11.0. The highest BCUT2D eigenvalue weighted by molar-refractivity contribution is 7.10. The lowest BCUT2D eigenvalue weighted by Crippen LogP contribution is -2.22. The van der Waals surface area contributed by atoms with Crippen LogP contribution in [-0.4, -0.2) is 16.2 Å². The van der Waals surface area contributed by atoms with E-state index in [4.69, 9.17) is 28.3 Å². The van der Waals surface area contributed by atoms with E-state index in [1.165, 1.54) is 17.4 Å². The van der Waals surface area contributed by atoms with Crippen molar-refractivity contribution in [3.63, 3.8) is 0 Å². The van der Waals surface area contributed by atoms with E-state index < -0.39 is 5.97 Å². The van der Waals surface area contributed by atoms with Crippen LogP contribution >= 0.6 is 34.5 Å². The van der Waals surface area contributed by atoms with Gasteiger partial charge in [-0.3, -0.25) is 4.79 Å². The molecule has 0 spiro atoms. The number of hydrogen-bond donors (Lipinski definition) is 3. The van der Waals surface area contributed by atoms with Crippen molar-refractivity contribution in [1.29, 1.82) is 0 Å². The fraction of sp³-hybridized carbons (Fsp3) is 0.214. The van der Waals surface area contributed by atoms with Gasteiger partial charge < -0.3 is 15.5 Å². The summed E-state index contributed by atoms with van der Waals surface area (Å²) in [5, 5.41) is 24.5. The molecule has 2 aromatic rings. The predicted octanol–water partition coefficient (Wildman–Crippen LogP) is 4.07. The number of thiophene rings is 1. The van der Waals surface area contributed by atoms with Gasteiger partial charge in [-0.1, -0.05) is 29.3 Å². The van der Waals surface area contributed by atoms with Crippen molar-refractivity contribution in [2.24, 2.45) is 0 Å². The Morgan fingerprint density at radius 2 is 2.14 bits per heavy atom. The lowest BCUT2D eigenvalue weighted by Gasteiger charge is -2.16. The van der Waals surface area contributed by atoms with Crippen LogP contribution in [0.4, 0.5) is 0 Å². The fourth-order valence-electron chi connectivity index (χ4n) is 1.92. The van der Waals surface area contributed by atoms with Crippen LogP contribution in [0, 0.1) is 0 Å². The summed E-state index contributed by atoms with van der Waals surface area (Å²) >= 11 is 13.2. The summed E-state index contributed by atoms with van der Waals surface area (Å²) in [5.74, 6) is -0.942. The smallest absolute Gasteiger partial charge is 0.305 e. The van der Waals surface area contributed by atoms with Gasteiger partial charge in [0.05, 0.1) is 17.5 Å². The van der Waals surface area contributed by atoms with Crippen LogP contribution in [0.5, 0.6) is 5.75 Å². The number of nitrogens with one attached hydrogen (secondary N) is 1. The van der Waals surface area contributed by atoms with Crippen molar-refractivity contribution in [2.45, 2.75) is 19.0 Å². The average Bonchev–Trinajstić information content (AvgIpc) is 2.93. The van der Waals surface area contributed by atoms with E-state index >= 15 is 0 Å². The number of carboxylic acid groups (broad SMARTS) is 1. The Balaban J connectivity index is 2.14. The molecule has 0 aliphatic carbocycles. The highest BCUT2D eigenvalue weighted by atomic mass is 35.5. The van der Waals surface area contributed by atoms with Gasteiger partial charge in [0.25, 0.3) is 0 Å². The minimum Gasteiger partial charge on any atom is -0.506 e. The SMILES string of the molecule is O=C(O)CC(NCc1cc(Cl)cc(Cl)c1O)c1cccs1. The summed E-state index contributed by atoms with van der Waals surface area (Å²) in [4.78, 5) is 11.9. The second-order valence-corrected chi connectivity index (χ2v) is 6.27. The molecule has 21 heavy (non-hydrogen) atoms. The van der Waals surface area contributed by atoms with Gasteiger partial charge in [0.1, 0.15) is 5.75 Å². The van der Waals surface area contributed by atoms with E-state index in [0.29, 0.717) is 10.6 Å². The number of halogens is 2. The predicted molar refractivity (Wildman–Crippen MR) is 84.3 cm³/mol. The molecule has 2 rings (SSSR count). The van der Waals surface area contributed by atoms with Crippen molar-refractivity contribution in [1.82, 2.24) is 5.32 Å². The van der Waals surface area contributed by atoms with Crippen molar-refractivity contribution >= 4 is 40.5 Å². The summed E-state index contributed by atoms with van der Waals surface area (Å²) in [7, 11) is 0. The van der Waals surface area contributed by atoms with Gasteiger partial charge in [-0.2, -0.15) is 0 Å². The molecule has 0 radical (unpaired) electrons. The highest BCUT2D eigenvalue weighted by Crippen LogP contribution is 2.32. The monoisotopic (exact) mass is 345 g/mol. The Morgan fingerprint density at radius 3 is 2.76 bits per heavy atom. The van der Waals surface area contributed by atoms with E-state index in [1.54, 1.807) is 6.07 Å². The molecule has 1 aromatic heterocycles. The minimum absolute atomic E-state index is 0.0461. The molecular weight excluding hydrogens is 333 g/mol. The third-order valence-electron chi connectivity index (χ3n) is 2.91. The summed E-state index contributed by atoms with van der Waals surface area (Å²) in [6, 6.07) is 6.46. The first kappa shape index (κ1) is 16.1. The van der Waals surface area contributed by atoms with Gasteiger partial charge in [0.15, 0.2) is 0 Å². The zero-order chi connectivity index (χ0) is 15.4. The van der Waals surface area contributed by atoms with Crippen LogP contribution in [-0.2, 0) is 11.3 Å². The molecule has 1 atom stereocenters. The number of carboxylic acids is 1. The van der Waals surface area contributed by atoms with Crippen molar-refractivity contribution in [3.8, 4) is 5.75 Å². The molecule has 0 saturated carbocycles. The molecule has 1 aromatic carbocycles. The minimum atomic E-state index is -0.894. The molecule has 3 N–H and O–H groups in total. The quantitative estimate of drug-likeness (QED) is 0.738. The van der Waals surface area contributed by atoms with Gasteiger partial charge >= 0.3 is 5.97 Å². The van der Waals surface area contributed by atoms with Crippen LogP contribution in [0.3, 0.4) is 0 Å². The number of aromatic hydroxyl groups is 1. The van der Waals surface area contributed by atoms with Crippen LogP contribution in [0.1, 0.15) is 22.9 Å². The van der Waals surface area contributed by atoms with E-state index in [0.717, 1.165) is 4.88 Å². The van der Waals surface area contributed by atoms with Gasteiger partial charge in [0, 0.05) is 22.0 Å². The highest BCUT2D eigenvalue weighted by Gasteiger charge is 2.17. The summed E-state index contributed by atoms with van der Waals surface area (Å²) in [6.07, 6.45) is -0.0461. The third-order valence-corrected chi connectivity index (χ3v) is 4.40. The Hall–Kier alpha value is -1.27. The Kier molecular flexibility index (Phi) is 5.47. The third kappa shape index (κ3) is 4.35. The molecule has 0 fully saturated rings. The molecule has 112 valence electrons. The average molecular weight is 346 g/mol. The molecule has 0 aliphatic rings. The topological polar surface area (TPSA) is 69.6 Å². The van der Waals surface area contributed by atoms with Gasteiger partial charge in [-0.05, 0) is 23.6 Å². The maximum atomic E-state index is 11.0. The normalized spacial score (nSPS) is 12.3. The van der Waals surface area contributed by atoms with E-state index in [9.17, 15) is 9.90 Å². The number of hydrogen-bond acceptors (Lipinski definition) is 4. The zero-order valence-corrected chi connectivity index (χ0v) is 13.2. The first-order valence-electron chi connectivity index (χ1n) is 6.13. The molecule has 0 saturated heterocycles. The van der Waals surface area contributed by atoms with Gasteiger partial charge in [0.2, 0.25) is 0 Å². The number of phenols is 1. The molecule has 1 heterocycles. The molecule has 1 unspecified atom stereocenters. The lowest BCUT2D eigenvalue weighted by atomic mass is 10.1. The number of benzene rings is 1. The van der Waals surface area contributed by atoms with Crippen LogP contribution in [0.2, 0.25) is 10.0 Å². The van der Waals surface area contributed by atoms with Crippen LogP contribution < -0.4 is 5.32 Å². The number of phenolic OH excluding ortho intramolecular Hbond substituents is 1. The van der Waals surface area contributed by atoms with Crippen LogP contribution in [0.15, 0.2) is 29.6 Å². The Morgan fingerprint density at radius 1 is 1.38 bits per heavy atom. The van der Waals surface area contributed by atoms with E-state index in [2.05, 4.69) is 5.32 Å². The number of carbonyl (C=O) groups is 1. The Bertz CT molecular complexity index is 631. The van der Waals surface area contributed by atoms with Crippen molar-refractivity contribution in [3.05, 3.63) is 50.1 Å². The van der Waals surface area contributed by atoms with Crippen LogP contribution in [0.25, 0.3) is 0 Å². The standard InChI is InChI=1S/C14H13Cl2NO3S/c15-9-4-8(14(20)10(16)5-9)7-17-11(6-13(18)19)12-2-1-3-21-12/h1-5,11,17,20H,6-7H2,(H,18,19). The van der Waals surface area contributed by atoms with Crippen molar-refractivity contribution < 1.29 is 15.0 Å². The molecule has 0 bridgehead atoms. The first-order chi connectivity index (χ1) is 9.97. The molecule has 0 aliphatic heterocycles. The molecule has 0 amide bonds. The summed E-state index contributed by atoms with van der Waals surface area (Å²) < 4.78 is 0. The Labute approximate surface area is 135 Å². The van der Waals surface area contributed by atoms with Gasteiger partial charge in [-0.25, -0.2) is 0 Å². The second-order valence-electron chi connectivity index (χ2n) is 4.44. The molecular formula is C14H13Cl2NO3S. The number of aliphatic carboxylic acids is 1. The largest absolute Gasteiger partial charge is 0.506 e. The van der Waals surface area contributed by atoms with E-state index in [-0.39, 0.29) is 29.8 Å². The summed E-state index contributed by atoms with van der Waals surface area (Å²) in [6.45, 7) is 0.266.